The second-order valence-corrected chi connectivity index (χ2v) is 9.40. The van der Waals surface area contributed by atoms with Crippen LogP contribution >= 0.6 is 11.3 Å². The molecule has 0 amide bonds. The van der Waals surface area contributed by atoms with Gasteiger partial charge >= 0.3 is 12.1 Å². The lowest BCUT2D eigenvalue weighted by Crippen LogP contribution is -2.40. The number of alkyl halides is 3. The molecule has 1 aromatic carbocycles. The van der Waals surface area contributed by atoms with Crippen LogP contribution in [0, 0.1) is 0 Å². The Morgan fingerprint density at radius 3 is 2.43 bits per heavy atom. The molecule has 0 bridgehead atoms. The first-order valence-electron chi connectivity index (χ1n) is 8.26. The van der Waals surface area contributed by atoms with Crippen molar-refractivity contribution < 1.29 is 31.5 Å². The number of hydrogen-bond donors (Lipinski definition) is 1. The van der Waals surface area contributed by atoms with Crippen molar-refractivity contribution >= 4 is 39.5 Å². The minimum Gasteiger partial charge on any atom is -0.480 e. The second-order valence-electron chi connectivity index (χ2n) is 6.23. The largest absolute Gasteiger partial charge is 0.480 e. The standard InChI is InChI=1S/C18H16F3NO4S2/c1-2-15(16(23)24)22-10-12-9-14(27-17(12)28(22,25)26)8-5-11-3-6-13(7-4-11)18(19,20)21/h3-9,15H,2,10H2,1H3,(H,23,24)/b8-5+. The highest BCUT2D eigenvalue weighted by Crippen LogP contribution is 2.39. The van der Waals surface area contributed by atoms with E-state index in [1.165, 1.54) is 12.1 Å². The van der Waals surface area contributed by atoms with E-state index >= 15 is 0 Å². The molecule has 3 rings (SSSR count). The van der Waals surface area contributed by atoms with Crippen LogP contribution in [0.4, 0.5) is 13.2 Å². The van der Waals surface area contributed by atoms with Crippen molar-refractivity contribution in [1.82, 2.24) is 4.31 Å². The monoisotopic (exact) mass is 431 g/mol. The quantitative estimate of drug-likeness (QED) is 0.766. The minimum atomic E-state index is -4.40. The number of fused-ring (bicyclic) bond motifs is 1. The number of thiophene rings is 1. The van der Waals surface area contributed by atoms with E-state index in [1.54, 1.807) is 25.1 Å². The van der Waals surface area contributed by atoms with Gasteiger partial charge in [0.15, 0.2) is 0 Å². The summed E-state index contributed by atoms with van der Waals surface area (Å²) in [5.74, 6) is -1.19. The van der Waals surface area contributed by atoms with Gasteiger partial charge in [0.2, 0.25) is 0 Å². The number of aliphatic carboxylic acids is 1. The van der Waals surface area contributed by atoms with Crippen LogP contribution in [0.25, 0.3) is 12.2 Å². The molecule has 2 aromatic rings. The van der Waals surface area contributed by atoms with E-state index in [-0.39, 0.29) is 17.2 Å². The third kappa shape index (κ3) is 3.85. The zero-order valence-corrected chi connectivity index (χ0v) is 16.2. The van der Waals surface area contributed by atoms with Crippen LogP contribution in [-0.4, -0.2) is 29.8 Å². The van der Waals surface area contributed by atoms with Crippen molar-refractivity contribution in [3.63, 3.8) is 0 Å². The molecule has 150 valence electrons. The lowest BCUT2D eigenvalue weighted by Gasteiger charge is -2.21. The summed E-state index contributed by atoms with van der Waals surface area (Å²) in [5, 5.41) is 9.23. The van der Waals surface area contributed by atoms with Crippen molar-refractivity contribution in [2.24, 2.45) is 0 Å². The Bertz CT molecular complexity index is 1020. The number of sulfonamides is 1. The van der Waals surface area contributed by atoms with Gasteiger partial charge in [0, 0.05) is 11.4 Å². The molecule has 10 heteroatoms. The Morgan fingerprint density at radius 2 is 1.93 bits per heavy atom. The van der Waals surface area contributed by atoms with Crippen molar-refractivity contribution in [1.29, 1.82) is 0 Å². The summed E-state index contributed by atoms with van der Waals surface area (Å²) < 4.78 is 64.2. The van der Waals surface area contributed by atoms with E-state index in [0.29, 0.717) is 16.0 Å². The Labute approximate surface area is 163 Å². The number of benzene rings is 1. The number of carbonyl (C=O) groups is 1. The Kier molecular flexibility index (Phi) is 5.39. The van der Waals surface area contributed by atoms with Crippen LogP contribution in [0.3, 0.4) is 0 Å². The van der Waals surface area contributed by atoms with E-state index < -0.39 is 33.8 Å². The molecule has 1 aliphatic rings. The van der Waals surface area contributed by atoms with Crippen molar-refractivity contribution in [3.05, 3.63) is 51.9 Å². The molecule has 1 aromatic heterocycles. The maximum Gasteiger partial charge on any atom is 0.416 e. The van der Waals surface area contributed by atoms with Gasteiger partial charge in [-0.2, -0.15) is 17.5 Å². The molecule has 28 heavy (non-hydrogen) atoms. The van der Waals surface area contributed by atoms with Gasteiger partial charge in [0.1, 0.15) is 10.3 Å². The van der Waals surface area contributed by atoms with Crippen LogP contribution < -0.4 is 0 Å². The minimum absolute atomic E-state index is 0.00685. The number of hydrogen-bond acceptors (Lipinski definition) is 4. The molecule has 0 saturated heterocycles. The van der Waals surface area contributed by atoms with Gasteiger partial charge in [-0.25, -0.2) is 8.42 Å². The smallest absolute Gasteiger partial charge is 0.416 e. The number of carboxylic acids is 1. The van der Waals surface area contributed by atoms with Crippen molar-refractivity contribution in [2.45, 2.75) is 36.3 Å². The number of rotatable bonds is 5. The summed E-state index contributed by atoms with van der Waals surface area (Å²) >= 11 is 1.01. The predicted molar refractivity (Wildman–Crippen MR) is 99.1 cm³/mol. The Hall–Kier alpha value is -2.17. The first-order valence-corrected chi connectivity index (χ1v) is 10.5. The van der Waals surface area contributed by atoms with Crippen LogP contribution in [0.15, 0.2) is 34.5 Å². The summed E-state index contributed by atoms with van der Waals surface area (Å²) in [6, 6.07) is 5.17. The van der Waals surface area contributed by atoms with E-state index in [1.807, 2.05) is 0 Å². The molecular formula is C18H16F3NO4S2. The van der Waals surface area contributed by atoms with Gasteiger partial charge in [0.25, 0.3) is 10.0 Å². The molecule has 1 aliphatic heterocycles. The Balaban J connectivity index is 1.81. The molecule has 0 aliphatic carbocycles. The van der Waals surface area contributed by atoms with Crippen molar-refractivity contribution in [3.8, 4) is 0 Å². The third-order valence-electron chi connectivity index (χ3n) is 4.36. The summed E-state index contributed by atoms with van der Waals surface area (Å²) in [7, 11) is -3.87. The normalized spacial score (nSPS) is 17.7. The van der Waals surface area contributed by atoms with E-state index in [4.69, 9.17) is 0 Å². The summed E-state index contributed by atoms with van der Waals surface area (Å²) in [6.45, 7) is 1.60. The summed E-state index contributed by atoms with van der Waals surface area (Å²) in [4.78, 5) is 11.9. The molecule has 0 saturated carbocycles. The van der Waals surface area contributed by atoms with Gasteiger partial charge in [0.05, 0.1) is 5.56 Å². The fourth-order valence-corrected chi connectivity index (χ4v) is 6.30. The number of carboxylic acid groups (broad SMARTS) is 1. The predicted octanol–water partition coefficient (Wildman–Crippen LogP) is 4.30. The molecular weight excluding hydrogens is 415 g/mol. The lowest BCUT2D eigenvalue weighted by atomic mass is 10.1. The maximum atomic E-state index is 12.7. The van der Waals surface area contributed by atoms with E-state index in [0.717, 1.165) is 27.8 Å². The number of nitrogens with zero attached hydrogens (tertiary/aromatic N) is 1. The van der Waals surface area contributed by atoms with Gasteiger partial charge in [-0.05, 0) is 41.8 Å². The number of halogens is 3. The second kappa shape index (κ2) is 7.34. The molecule has 5 nitrogen and oxygen atoms in total. The van der Waals surface area contributed by atoms with Gasteiger partial charge in [-0.15, -0.1) is 11.3 Å². The van der Waals surface area contributed by atoms with Gasteiger partial charge < -0.3 is 5.11 Å². The van der Waals surface area contributed by atoms with Crippen molar-refractivity contribution in [2.75, 3.05) is 0 Å². The molecule has 1 atom stereocenters. The van der Waals surface area contributed by atoms with Crippen LogP contribution in [-0.2, 0) is 27.5 Å². The molecule has 0 fully saturated rings. The molecule has 1 unspecified atom stereocenters. The highest BCUT2D eigenvalue weighted by atomic mass is 32.2. The molecule has 0 radical (unpaired) electrons. The molecule has 1 N–H and O–H groups in total. The van der Waals surface area contributed by atoms with Crippen LogP contribution in [0.1, 0.15) is 34.9 Å². The SMILES string of the molecule is CCC(C(=O)O)N1Cc2cc(/C=C/c3ccc(C(F)(F)F)cc3)sc2S1(=O)=O. The van der Waals surface area contributed by atoms with Crippen LogP contribution in [0.5, 0.6) is 0 Å². The molecule has 2 heterocycles. The highest BCUT2D eigenvalue weighted by Gasteiger charge is 2.42. The van der Waals surface area contributed by atoms with E-state index in [2.05, 4.69) is 0 Å². The first kappa shape index (κ1) is 20.6. The lowest BCUT2D eigenvalue weighted by molar-refractivity contribution is -0.141. The molecule has 0 spiro atoms. The maximum absolute atomic E-state index is 12.7. The van der Waals surface area contributed by atoms with Gasteiger partial charge in [-0.1, -0.05) is 25.1 Å². The fraction of sp³-hybridized carbons (Fsp3) is 0.278. The topological polar surface area (TPSA) is 74.7 Å². The van der Waals surface area contributed by atoms with Gasteiger partial charge in [-0.3, -0.25) is 4.79 Å². The average molecular weight is 431 g/mol. The zero-order valence-electron chi connectivity index (χ0n) is 14.6. The fourth-order valence-electron chi connectivity index (χ4n) is 2.94. The summed E-state index contributed by atoms with van der Waals surface area (Å²) in [6.07, 6.45) is -1.02. The highest BCUT2D eigenvalue weighted by molar-refractivity contribution is 7.91. The Morgan fingerprint density at radius 1 is 1.29 bits per heavy atom. The van der Waals surface area contributed by atoms with E-state index in [9.17, 15) is 31.5 Å². The zero-order chi connectivity index (χ0) is 20.7. The summed E-state index contributed by atoms with van der Waals surface area (Å²) in [5.41, 5.74) is 0.328. The average Bonchev–Trinajstić information content (AvgIpc) is 3.12. The van der Waals surface area contributed by atoms with Crippen LogP contribution in [0.2, 0.25) is 0 Å². The third-order valence-corrected chi connectivity index (χ3v) is 7.91. The first-order chi connectivity index (χ1) is 13.0.